The minimum absolute atomic E-state index is 0.238. The van der Waals surface area contributed by atoms with Crippen LogP contribution in [0.25, 0.3) is 0 Å². The summed E-state index contributed by atoms with van der Waals surface area (Å²) >= 11 is 1.63. The van der Waals surface area contributed by atoms with E-state index in [9.17, 15) is 4.79 Å². The van der Waals surface area contributed by atoms with Crippen LogP contribution in [0.2, 0.25) is 0 Å². The van der Waals surface area contributed by atoms with Gasteiger partial charge in [0.05, 0.1) is 0 Å². The number of ketones is 1. The summed E-state index contributed by atoms with van der Waals surface area (Å²) in [7, 11) is 0. The third-order valence-corrected chi connectivity index (χ3v) is 2.82. The molecule has 0 bridgehead atoms. The Morgan fingerprint density at radius 2 is 2.29 bits per heavy atom. The molecule has 0 aliphatic heterocycles. The van der Waals surface area contributed by atoms with Crippen molar-refractivity contribution in [3.63, 3.8) is 0 Å². The van der Waals surface area contributed by atoms with Crippen molar-refractivity contribution >= 4 is 17.1 Å². The molecular weight excluding hydrogens is 194 g/mol. The van der Waals surface area contributed by atoms with Gasteiger partial charge in [-0.2, -0.15) is 0 Å². The molecule has 0 spiro atoms. The predicted molar refractivity (Wildman–Crippen MR) is 61.1 cm³/mol. The highest BCUT2D eigenvalue weighted by Crippen LogP contribution is 2.14. The van der Waals surface area contributed by atoms with Crippen LogP contribution in [-0.2, 0) is 0 Å². The lowest BCUT2D eigenvalue weighted by atomic mass is 10.1. The van der Waals surface area contributed by atoms with Crippen LogP contribution in [-0.4, -0.2) is 18.4 Å². The molecule has 1 aromatic rings. The minimum Gasteiger partial charge on any atom is -0.314 e. The largest absolute Gasteiger partial charge is 0.314 e. The Labute approximate surface area is 89.3 Å². The maximum absolute atomic E-state index is 11.6. The van der Waals surface area contributed by atoms with Gasteiger partial charge in [0.25, 0.3) is 0 Å². The first-order chi connectivity index (χ1) is 6.59. The fourth-order valence-electron chi connectivity index (χ4n) is 1.21. The predicted octanol–water partition coefficient (Wildman–Crippen LogP) is 2.63. The van der Waals surface area contributed by atoms with Crippen molar-refractivity contribution in [1.29, 1.82) is 0 Å². The van der Waals surface area contributed by atoms with Gasteiger partial charge in [0, 0.05) is 34.8 Å². The van der Waals surface area contributed by atoms with Crippen molar-refractivity contribution in [1.82, 2.24) is 5.32 Å². The second kappa shape index (κ2) is 5.27. The molecule has 0 amide bonds. The summed E-state index contributed by atoms with van der Waals surface area (Å²) < 4.78 is 0. The van der Waals surface area contributed by atoms with Crippen LogP contribution < -0.4 is 5.32 Å². The zero-order valence-electron chi connectivity index (χ0n) is 8.96. The fraction of sp³-hybridized carbons (Fsp3) is 0.545. The van der Waals surface area contributed by atoms with E-state index >= 15 is 0 Å². The Bertz CT molecular complexity index is 304. The molecule has 2 nitrogen and oxygen atoms in total. The maximum atomic E-state index is 11.6. The molecule has 0 radical (unpaired) electrons. The number of nitrogens with one attached hydrogen (secondary N) is 1. The smallest absolute Gasteiger partial charge is 0.164 e. The number of thiophene rings is 1. The van der Waals surface area contributed by atoms with Crippen LogP contribution in [0.3, 0.4) is 0 Å². The van der Waals surface area contributed by atoms with Crippen molar-refractivity contribution in [2.24, 2.45) is 0 Å². The van der Waals surface area contributed by atoms with Gasteiger partial charge in [0.15, 0.2) is 5.78 Å². The maximum Gasteiger partial charge on any atom is 0.164 e. The highest BCUT2D eigenvalue weighted by molar-refractivity contribution is 7.10. The second-order valence-corrected chi connectivity index (χ2v) is 4.84. The minimum atomic E-state index is 0.238. The molecule has 0 saturated heterocycles. The zero-order chi connectivity index (χ0) is 10.6. The van der Waals surface area contributed by atoms with E-state index in [1.165, 1.54) is 4.88 Å². The van der Waals surface area contributed by atoms with Crippen molar-refractivity contribution < 1.29 is 4.79 Å². The van der Waals surface area contributed by atoms with Gasteiger partial charge in [0.1, 0.15) is 0 Å². The lowest BCUT2D eigenvalue weighted by molar-refractivity contribution is 0.0982. The summed E-state index contributed by atoms with van der Waals surface area (Å²) in [6, 6.07) is 2.41. The molecule has 1 N–H and O–H groups in total. The monoisotopic (exact) mass is 211 g/mol. The first kappa shape index (κ1) is 11.4. The molecule has 78 valence electrons. The fourth-order valence-corrected chi connectivity index (χ4v) is 1.92. The number of Topliss-reactive ketones (excluding diaryl/α,β-unsaturated/α-hetero) is 1. The topological polar surface area (TPSA) is 29.1 Å². The molecule has 0 unspecified atom stereocenters. The van der Waals surface area contributed by atoms with Crippen LogP contribution in [0, 0.1) is 6.92 Å². The summed E-state index contributed by atoms with van der Waals surface area (Å²) in [5.74, 6) is 0.238. The quantitative estimate of drug-likeness (QED) is 0.759. The molecule has 0 fully saturated rings. The summed E-state index contributed by atoms with van der Waals surface area (Å²) in [5, 5.41) is 5.17. The van der Waals surface area contributed by atoms with E-state index < -0.39 is 0 Å². The van der Waals surface area contributed by atoms with Crippen LogP contribution in [0.15, 0.2) is 11.4 Å². The zero-order valence-corrected chi connectivity index (χ0v) is 9.78. The van der Waals surface area contributed by atoms with Gasteiger partial charge >= 0.3 is 0 Å². The first-order valence-corrected chi connectivity index (χ1v) is 5.79. The molecule has 0 aliphatic carbocycles. The van der Waals surface area contributed by atoms with Crippen LogP contribution in [0.1, 0.15) is 35.5 Å². The van der Waals surface area contributed by atoms with Gasteiger partial charge in [0.2, 0.25) is 0 Å². The van der Waals surface area contributed by atoms with Crippen molar-refractivity contribution in [2.75, 3.05) is 6.54 Å². The Morgan fingerprint density at radius 1 is 1.57 bits per heavy atom. The number of aryl methyl sites for hydroxylation is 1. The van der Waals surface area contributed by atoms with Crippen LogP contribution in [0.5, 0.6) is 0 Å². The summed E-state index contributed by atoms with van der Waals surface area (Å²) in [6.07, 6.45) is 0.592. The Kier molecular flexibility index (Phi) is 4.29. The second-order valence-electron chi connectivity index (χ2n) is 3.73. The van der Waals surface area contributed by atoms with Gasteiger partial charge in [-0.05, 0) is 13.0 Å². The lowest BCUT2D eigenvalue weighted by Crippen LogP contribution is -2.25. The molecule has 14 heavy (non-hydrogen) atoms. The average molecular weight is 211 g/mol. The number of carbonyl (C=O) groups excluding carboxylic acids is 1. The summed E-state index contributed by atoms with van der Waals surface area (Å²) in [5.41, 5.74) is 0.859. The number of carbonyl (C=O) groups is 1. The molecule has 0 aromatic carbocycles. The van der Waals surface area contributed by atoms with Gasteiger partial charge in [-0.3, -0.25) is 4.79 Å². The number of rotatable bonds is 5. The van der Waals surface area contributed by atoms with Gasteiger partial charge in [-0.1, -0.05) is 13.8 Å². The van der Waals surface area contributed by atoms with Crippen molar-refractivity contribution in [3.05, 3.63) is 21.9 Å². The van der Waals surface area contributed by atoms with Crippen LogP contribution in [0.4, 0.5) is 0 Å². The molecule has 0 atom stereocenters. The van der Waals surface area contributed by atoms with E-state index in [0.29, 0.717) is 12.5 Å². The van der Waals surface area contributed by atoms with E-state index in [4.69, 9.17) is 0 Å². The third kappa shape index (κ3) is 3.60. The highest BCUT2D eigenvalue weighted by atomic mass is 32.1. The standard InChI is InChI=1S/C11H17NOS/c1-8(2)12-5-4-11(13)10-6-9(3)14-7-10/h6-8,12H,4-5H2,1-3H3. The van der Waals surface area contributed by atoms with E-state index in [1.54, 1.807) is 11.3 Å². The van der Waals surface area contributed by atoms with E-state index in [2.05, 4.69) is 19.2 Å². The van der Waals surface area contributed by atoms with Gasteiger partial charge in [-0.25, -0.2) is 0 Å². The summed E-state index contributed by atoms with van der Waals surface area (Å²) in [6.45, 7) is 6.96. The Balaban J connectivity index is 2.36. The molecule has 1 heterocycles. The molecular formula is C11H17NOS. The SMILES string of the molecule is Cc1cc(C(=O)CCNC(C)C)cs1. The number of hydrogen-bond acceptors (Lipinski definition) is 3. The van der Waals surface area contributed by atoms with E-state index in [-0.39, 0.29) is 5.78 Å². The molecule has 3 heteroatoms. The van der Waals surface area contributed by atoms with E-state index in [0.717, 1.165) is 12.1 Å². The lowest BCUT2D eigenvalue weighted by Gasteiger charge is -2.06. The molecule has 0 saturated carbocycles. The van der Waals surface area contributed by atoms with Gasteiger partial charge in [-0.15, -0.1) is 11.3 Å². The summed E-state index contributed by atoms with van der Waals surface area (Å²) in [4.78, 5) is 12.8. The molecule has 0 aliphatic rings. The molecule has 1 rings (SSSR count). The van der Waals surface area contributed by atoms with Crippen LogP contribution >= 0.6 is 11.3 Å². The first-order valence-electron chi connectivity index (χ1n) is 4.91. The Morgan fingerprint density at radius 3 is 2.79 bits per heavy atom. The van der Waals surface area contributed by atoms with Crippen molar-refractivity contribution in [2.45, 2.75) is 33.2 Å². The van der Waals surface area contributed by atoms with Crippen molar-refractivity contribution in [3.8, 4) is 0 Å². The number of hydrogen-bond donors (Lipinski definition) is 1. The average Bonchev–Trinajstić information content (AvgIpc) is 2.51. The third-order valence-electron chi connectivity index (χ3n) is 1.96. The van der Waals surface area contributed by atoms with E-state index in [1.807, 2.05) is 18.4 Å². The normalized spacial score (nSPS) is 10.9. The Hall–Kier alpha value is -0.670. The molecule has 1 aromatic heterocycles. The highest BCUT2D eigenvalue weighted by Gasteiger charge is 2.06. The van der Waals surface area contributed by atoms with Gasteiger partial charge < -0.3 is 5.32 Å².